The number of nitrogens with one attached hydrogen (secondary N) is 1. The number of hydrogen-bond acceptors (Lipinski definition) is 6. The highest BCUT2D eigenvalue weighted by atomic mass is 32.1. The molecule has 1 fully saturated rings. The summed E-state index contributed by atoms with van der Waals surface area (Å²) in [6.45, 7) is 2.80. The topological polar surface area (TPSA) is 88.3 Å². The largest absolute Gasteiger partial charge is 0.339 e. The zero-order valence-corrected chi connectivity index (χ0v) is 16.2. The Morgan fingerprint density at radius 2 is 2.07 bits per heavy atom. The lowest BCUT2D eigenvalue weighted by molar-refractivity contribution is -0.114. The van der Waals surface area contributed by atoms with Crippen molar-refractivity contribution in [2.24, 2.45) is 0 Å². The van der Waals surface area contributed by atoms with Gasteiger partial charge in [-0.3, -0.25) is 9.59 Å². The van der Waals surface area contributed by atoms with Crippen LogP contribution < -0.4 is 5.32 Å². The van der Waals surface area contributed by atoms with Crippen molar-refractivity contribution in [3.8, 4) is 11.4 Å². The lowest BCUT2D eigenvalue weighted by atomic mass is 9.97. The maximum Gasteiger partial charge on any atom is 0.254 e. The van der Waals surface area contributed by atoms with E-state index in [2.05, 4.69) is 15.5 Å². The van der Waals surface area contributed by atoms with Crippen molar-refractivity contribution in [1.29, 1.82) is 0 Å². The Morgan fingerprint density at radius 3 is 2.79 bits per heavy atom. The Morgan fingerprint density at radius 1 is 1.25 bits per heavy atom. The van der Waals surface area contributed by atoms with Gasteiger partial charge in [-0.2, -0.15) is 16.3 Å². The Bertz CT molecular complexity index is 966. The summed E-state index contributed by atoms with van der Waals surface area (Å²) in [5.41, 5.74) is 2.26. The van der Waals surface area contributed by atoms with E-state index in [0.29, 0.717) is 18.3 Å². The minimum absolute atomic E-state index is 0.0382. The van der Waals surface area contributed by atoms with Crippen molar-refractivity contribution in [3.05, 3.63) is 52.5 Å². The first-order chi connectivity index (χ1) is 13.6. The zero-order valence-electron chi connectivity index (χ0n) is 15.4. The number of benzene rings is 1. The van der Waals surface area contributed by atoms with Gasteiger partial charge in [-0.25, -0.2) is 0 Å². The number of amides is 2. The molecule has 1 atom stereocenters. The number of rotatable bonds is 4. The normalized spacial score (nSPS) is 16.8. The third-order valence-corrected chi connectivity index (χ3v) is 5.41. The van der Waals surface area contributed by atoms with Crippen molar-refractivity contribution < 1.29 is 14.1 Å². The second kappa shape index (κ2) is 7.93. The van der Waals surface area contributed by atoms with Gasteiger partial charge in [0.1, 0.15) is 0 Å². The van der Waals surface area contributed by atoms with E-state index in [9.17, 15) is 9.59 Å². The molecule has 0 saturated carbocycles. The summed E-state index contributed by atoms with van der Waals surface area (Å²) in [7, 11) is 0. The summed E-state index contributed by atoms with van der Waals surface area (Å²) in [5.74, 6) is 1.04. The van der Waals surface area contributed by atoms with Gasteiger partial charge in [0.2, 0.25) is 17.6 Å². The van der Waals surface area contributed by atoms with Crippen LogP contribution in [0.4, 0.5) is 5.69 Å². The molecule has 0 bridgehead atoms. The number of nitrogens with zero attached hydrogens (tertiary/aromatic N) is 3. The molecule has 1 saturated heterocycles. The van der Waals surface area contributed by atoms with Crippen molar-refractivity contribution in [1.82, 2.24) is 15.0 Å². The molecular formula is C20H20N4O3S. The van der Waals surface area contributed by atoms with Gasteiger partial charge in [-0.1, -0.05) is 5.16 Å². The molecule has 0 aliphatic carbocycles. The van der Waals surface area contributed by atoms with Crippen LogP contribution in [0.2, 0.25) is 0 Å². The number of carbonyl (C=O) groups is 2. The highest BCUT2D eigenvalue weighted by Gasteiger charge is 2.29. The van der Waals surface area contributed by atoms with Gasteiger partial charge in [0, 0.05) is 36.6 Å². The number of anilines is 1. The van der Waals surface area contributed by atoms with Crippen LogP contribution in [0, 0.1) is 0 Å². The predicted octanol–water partition coefficient (Wildman–Crippen LogP) is 3.78. The molecule has 1 aromatic carbocycles. The van der Waals surface area contributed by atoms with E-state index in [1.54, 1.807) is 12.1 Å². The van der Waals surface area contributed by atoms with Gasteiger partial charge < -0.3 is 14.7 Å². The smallest absolute Gasteiger partial charge is 0.254 e. The lowest BCUT2D eigenvalue weighted by Gasteiger charge is -2.30. The average molecular weight is 396 g/mol. The van der Waals surface area contributed by atoms with Gasteiger partial charge in [0.25, 0.3) is 5.91 Å². The molecule has 8 heteroatoms. The summed E-state index contributed by atoms with van der Waals surface area (Å²) in [6, 6.07) is 9.13. The molecule has 7 nitrogen and oxygen atoms in total. The van der Waals surface area contributed by atoms with E-state index in [0.717, 1.165) is 36.2 Å². The molecule has 0 spiro atoms. The number of thiophene rings is 1. The predicted molar refractivity (Wildman–Crippen MR) is 106 cm³/mol. The molecule has 1 aliphatic heterocycles. The van der Waals surface area contributed by atoms with E-state index in [1.165, 1.54) is 18.3 Å². The quantitative estimate of drug-likeness (QED) is 0.725. The van der Waals surface area contributed by atoms with E-state index in [-0.39, 0.29) is 17.7 Å². The van der Waals surface area contributed by atoms with E-state index in [4.69, 9.17) is 4.52 Å². The standard InChI is InChI=1S/C20H20N4O3S/c1-13(25)21-17-6-4-14(5-7-17)18-22-19(27-23-18)15-3-2-9-24(11-15)20(26)16-8-10-28-12-16/h4-8,10,12,15H,2-3,9,11H2,1H3,(H,21,25)/t15-/m0/s1. The third kappa shape index (κ3) is 3.96. The number of hydrogen-bond donors (Lipinski definition) is 1. The summed E-state index contributed by atoms with van der Waals surface area (Å²) in [6.07, 6.45) is 1.82. The molecule has 0 unspecified atom stereocenters. The minimum atomic E-state index is -0.117. The Kier molecular flexibility index (Phi) is 5.21. The first-order valence-corrected chi connectivity index (χ1v) is 10.1. The number of aromatic nitrogens is 2. The maximum absolute atomic E-state index is 12.6. The Balaban J connectivity index is 1.46. The molecule has 4 rings (SSSR count). The van der Waals surface area contributed by atoms with Crippen LogP contribution >= 0.6 is 11.3 Å². The molecular weight excluding hydrogens is 376 g/mol. The minimum Gasteiger partial charge on any atom is -0.339 e. The van der Waals surface area contributed by atoms with Crippen LogP contribution in [0.3, 0.4) is 0 Å². The van der Waals surface area contributed by atoms with Crippen LogP contribution in [0.1, 0.15) is 41.9 Å². The molecule has 144 valence electrons. The summed E-state index contributed by atoms with van der Waals surface area (Å²) >= 11 is 1.52. The fourth-order valence-electron chi connectivity index (χ4n) is 3.36. The second-order valence-corrected chi connectivity index (χ2v) is 7.60. The van der Waals surface area contributed by atoms with Crippen LogP contribution in [0.5, 0.6) is 0 Å². The Hall–Kier alpha value is -3.00. The summed E-state index contributed by atoms with van der Waals surface area (Å²) < 4.78 is 5.51. The number of likely N-dealkylation sites (tertiary alicyclic amines) is 1. The molecule has 1 aliphatic rings. The Labute approximate surface area is 166 Å². The molecule has 3 heterocycles. The van der Waals surface area contributed by atoms with Gasteiger partial charge in [-0.05, 0) is 48.6 Å². The van der Waals surface area contributed by atoms with Crippen molar-refractivity contribution >= 4 is 28.8 Å². The fourth-order valence-corrected chi connectivity index (χ4v) is 3.99. The van der Waals surface area contributed by atoms with E-state index < -0.39 is 0 Å². The molecule has 28 heavy (non-hydrogen) atoms. The molecule has 0 radical (unpaired) electrons. The monoisotopic (exact) mass is 396 g/mol. The van der Waals surface area contributed by atoms with Crippen LogP contribution in [0.25, 0.3) is 11.4 Å². The molecule has 2 aromatic heterocycles. The third-order valence-electron chi connectivity index (χ3n) is 4.73. The molecule has 1 N–H and O–H groups in total. The SMILES string of the molecule is CC(=O)Nc1ccc(-c2noc([C@H]3CCCN(C(=O)c4ccsc4)C3)n2)cc1. The highest BCUT2D eigenvalue weighted by molar-refractivity contribution is 7.08. The van der Waals surface area contributed by atoms with Crippen LogP contribution in [-0.4, -0.2) is 39.9 Å². The van der Waals surface area contributed by atoms with Crippen LogP contribution in [0.15, 0.2) is 45.6 Å². The van der Waals surface area contributed by atoms with Gasteiger partial charge in [0.05, 0.1) is 11.5 Å². The average Bonchev–Trinajstić information content (AvgIpc) is 3.40. The van der Waals surface area contributed by atoms with Gasteiger partial charge in [0.15, 0.2) is 0 Å². The molecule has 2 amide bonds. The molecule has 3 aromatic rings. The van der Waals surface area contributed by atoms with Gasteiger partial charge >= 0.3 is 0 Å². The number of carbonyl (C=O) groups excluding carboxylic acids is 2. The maximum atomic E-state index is 12.6. The van der Waals surface area contributed by atoms with E-state index >= 15 is 0 Å². The van der Waals surface area contributed by atoms with E-state index in [1.807, 2.05) is 33.9 Å². The summed E-state index contributed by atoms with van der Waals surface area (Å²) in [4.78, 5) is 30.1. The second-order valence-electron chi connectivity index (χ2n) is 6.82. The van der Waals surface area contributed by atoms with Crippen molar-refractivity contribution in [2.75, 3.05) is 18.4 Å². The van der Waals surface area contributed by atoms with Gasteiger partial charge in [-0.15, -0.1) is 0 Å². The first kappa shape index (κ1) is 18.4. The van der Waals surface area contributed by atoms with Crippen LogP contribution in [-0.2, 0) is 4.79 Å². The zero-order chi connectivity index (χ0) is 19.5. The number of piperidine rings is 1. The summed E-state index contributed by atoms with van der Waals surface area (Å²) in [5, 5.41) is 10.6. The highest BCUT2D eigenvalue weighted by Crippen LogP contribution is 2.29. The van der Waals surface area contributed by atoms with Crippen molar-refractivity contribution in [3.63, 3.8) is 0 Å². The fraction of sp³-hybridized carbons (Fsp3) is 0.300. The first-order valence-electron chi connectivity index (χ1n) is 9.13. The lowest BCUT2D eigenvalue weighted by Crippen LogP contribution is -2.39. The van der Waals surface area contributed by atoms with Crippen molar-refractivity contribution in [2.45, 2.75) is 25.7 Å².